The first-order chi connectivity index (χ1) is 25.2. The van der Waals surface area contributed by atoms with E-state index in [0.717, 1.165) is 11.2 Å². The van der Waals surface area contributed by atoms with Crippen LogP contribution in [0.4, 0.5) is 30.7 Å². The van der Waals surface area contributed by atoms with Gasteiger partial charge in [-0.25, -0.2) is 14.7 Å². The van der Waals surface area contributed by atoms with Crippen molar-refractivity contribution in [3.63, 3.8) is 0 Å². The summed E-state index contributed by atoms with van der Waals surface area (Å²) in [4.78, 5) is 37.5. The lowest BCUT2D eigenvalue weighted by Crippen LogP contribution is -2.47. The molecule has 1 saturated carbocycles. The molecular formula is C35H34ClF7N8O3. The molecule has 0 spiro atoms. The molecule has 2 aromatic heterocycles. The lowest BCUT2D eigenvalue weighted by atomic mass is 9.75. The standard InChI is InChI=1S/C35H34ClF7N8O3/c1-32(2,3)17-34(22-7-4-19(5-8-22)21-14-46-49(15-21)29(37)38)28(53)50(31(44)48-34)25(16-54-26(52)13-33(10-11-33)35(41,42)43)20-6-9-24(36)23(12-20)27-45-18-47-51(27)30(39)40/h4-9,12,14-15,18,25,29-30H,10-11,13,16-17H2,1-3H3,(H2,44,48)/t25-,34-/m1/s1. The van der Waals surface area contributed by atoms with E-state index in [2.05, 4.69) is 20.2 Å². The smallest absolute Gasteiger partial charge is 0.395 e. The van der Waals surface area contributed by atoms with Crippen LogP contribution in [0.1, 0.15) is 76.7 Å². The van der Waals surface area contributed by atoms with Crippen LogP contribution >= 0.6 is 11.6 Å². The molecule has 2 aliphatic rings. The number of carbonyl (C=O) groups excluding carboxylic acids is 2. The van der Waals surface area contributed by atoms with E-state index in [9.17, 15) is 40.3 Å². The van der Waals surface area contributed by atoms with Crippen molar-refractivity contribution in [3.05, 3.63) is 77.3 Å². The Kier molecular flexibility index (Phi) is 10.0. The summed E-state index contributed by atoms with van der Waals surface area (Å²) in [6.07, 6.45) is -2.65. The van der Waals surface area contributed by atoms with Crippen LogP contribution in [-0.2, 0) is 19.9 Å². The Labute approximate surface area is 308 Å². The summed E-state index contributed by atoms with van der Waals surface area (Å²) in [7, 11) is 0. The van der Waals surface area contributed by atoms with E-state index >= 15 is 0 Å². The summed E-state index contributed by atoms with van der Waals surface area (Å²) in [5, 5.41) is 7.18. The lowest BCUT2D eigenvalue weighted by molar-refractivity contribution is -0.195. The van der Waals surface area contributed by atoms with Crippen molar-refractivity contribution in [2.45, 2.75) is 77.3 Å². The molecular weight excluding hydrogens is 749 g/mol. The summed E-state index contributed by atoms with van der Waals surface area (Å²) in [5.41, 5.74) is 3.44. The highest BCUT2D eigenvalue weighted by Gasteiger charge is 2.64. The average Bonchev–Trinajstić information content (AvgIpc) is 3.40. The van der Waals surface area contributed by atoms with Gasteiger partial charge in [-0.1, -0.05) is 62.7 Å². The number of nitrogens with two attached hydrogens (primary N) is 1. The number of alkyl halides is 7. The van der Waals surface area contributed by atoms with Crippen LogP contribution in [0.3, 0.4) is 0 Å². The van der Waals surface area contributed by atoms with Crippen LogP contribution in [0.5, 0.6) is 0 Å². The summed E-state index contributed by atoms with van der Waals surface area (Å²) >= 11 is 6.42. The van der Waals surface area contributed by atoms with Gasteiger partial charge < -0.3 is 10.5 Å². The van der Waals surface area contributed by atoms with Gasteiger partial charge in [-0.3, -0.25) is 14.5 Å². The van der Waals surface area contributed by atoms with E-state index in [-0.39, 0.29) is 47.2 Å². The first kappa shape index (κ1) is 38.7. The number of aliphatic imine (C=N–C) groups is 1. The van der Waals surface area contributed by atoms with Gasteiger partial charge in [-0.05, 0) is 53.5 Å². The third-order valence-corrected chi connectivity index (χ3v) is 9.76. The number of halogens is 8. The lowest BCUT2D eigenvalue weighted by Gasteiger charge is -2.35. The third-order valence-electron chi connectivity index (χ3n) is 9.43. The fourth-order valence-electron chi connectivity index (χ4n) is 6.64. The van der Waals surface area contributed by atoms with Crippen LogP contribution in [0, 0.1) is 10.8 Å². The molecule has 1 aliphatic carbocycles. The Morgan fingerprint density at radius 2 is 1.69 bits per heavy atom. The van der Waals surface area contributed by atoms with Crippen LogP contribution in [0.25, 0.3) is 22.5 Å². The number of esters is 1. The highest BCUT2D eigenvalue weighted by molar-refractivity contribution is 6.33. The first-order valence-corrected chi connectivity index (χ1v) is 17.0. The van der Waals surface area contributed by atoms with Crippen molar-refractivity contribution in [1.82, 2.24) is 29.4 Å². The maximum Gasteiger partial charge on any atom is 0.395 e. The molecule has 19 heteroatoms. The molecule has 3 heterocycles. The second kappa shape index (κ2) is 14.0. The monoisotopic (exact) mass is 782 g/mol. The van der Waals surface area contributed by atoms with Crippen molar-refractivity contribution >= 4 is 29.4 Å². The molecule has 6 rings (SSSR count). The van der Waals surface area contributed by atoms with Gasteiger partial charge in [0.1, 0.15) is 12.9 Å². The Balaban J connectivity index is 1.40. The second-order valence-electron chi connectivity index (χ2n) is 14.5. The molecule has 0 radical (unpaired) electrons. The number of hydrogen-bond acceptors (Lipinski definition) is 8. The first-order valence-electron chi connectivity index (χ1n) is 16.6. The maximum atomic E-state index is 14.9. The molecule has 0 unspecified atom stereocenters. The molecule has 54 heavy (non-hydrogen) atoms. The van der Waals surface area contributed by atoms with E-state index in [0.29, 0.717) is 26.1 Å². The molecule has 2 aromatic carbocycles. The minimum atomic E-state index is -4.63. The molecule has 2 atom stereocenters. The Hall–Kier alpha value is -5.00. The van der Waals surface area contributed by atoms with Gasteiger partial charge >= 0.3 is 25.2 Å². The number of rotatable bonds is 12. The molecule has 288 valence electrons. The van der Waals surface area contributed by atoms with Crippen LogP contribution in [0.15, 0.2) is 66.2 Å². The fourth-order valence-corrected chi connectivity index (χ4v) is 6.85. The van der Waals surface area contributed by atoms with E-state index in [1.807, 2.05) is 20.8 Å². The van der Waals surface area contributed by atoms with E-state index in [4.69, 9.17) is 22.1 Å². The highest BCUT2D eigenvalue weighted by Crippen LogP contribution is 2.60. The number of amides is 1. The van der Waals surface area contributed by atoms with Crippen LogP contribution in [0.2, 0.25) is 5.02 Å². The topological polar surface area (TPSA) is 134 Å². The third kappa shape index (κ3) is 7.39. The van der Waals surface area contributed by atoms with Crippen molar-refractivity contribution in [3.8, 4) is 22.5 Å². The summed E-state index contributed by atoms with van der Waals surface area (Å²) < 4.78 is 101. The zero-order valence-corrected chi connectivity index (χ0v) is 29.8. The number of aromatic nitrogens is 5. The minimum Gasteiger partial charge on any atom is -0.463 e. The van der Waals surface area contributed by atoms with Crippen molar-refractivity contribution in [2.24, 2.45) is 21.6 Å². The number of ether oxygens (including phenoxy) is 1. The van der Waals surface area contributed by atoms with E-state index < -0.39 is 66.6 Å². The number of benzene rings is 2. The van der Waals surface area contributed by atoms with E-state index in [1.54, 1.807) is 24.3 Å². The predicted molar refractivity (Wildman–Crippen MR) is 181 cm³/mol. The van der Waals surface area contributed by atoms with Crippen molar-refractivity contribution in [1.29, 1.82) is 0 Å². The molecule has 0 bridgehead atoms. The molecule has 1 amide bonds. The number of carbonyl (C=O) groups is 2. The molecule has 0 saturated heterocycles. The quantitative estimate of drug-likeness (QED) is 0.114. The molecule has 1 aliphatic heterocycles. The zero-order valence-electron chi connectivity index (χ0n) is 29.0. The molecule has 1 fully saturated rings. The molecule has 11 nitrogen and oxygen atoms in total. The number of nitrogens with zero attached hydrogens (tertiary/aromatic N) is 7. The largest absolute Gasteiger partial charge is 0.463 e. The predicted octanol–water partition coefficient (Wildman–Crippen LogP) is 8.06. The average molecular weight is 783 g/mol. The van der Waals surface area contributed by atoms with Gasteiger partial charge in [-0.2, -0.15) is 45.6 Å². The summed E-state index contributed by atoms with van der Waals surface area (Å²) in [6.45, 7) is -1.06. The fraction of sp³-hybridized carbons (Fsp3) is 0.429. The van der Waals surface area contributed by atoms with Gasteiger partial charge in [0.15, 0.2) is 17.3 Å². The SMILES string of the molecule is CC(C)(C)C[C@]1(c2ccc(-c3cnn(C(F)F)c3)cc2)N=C(N)N([C@H](COC(=O)CC2(C(F)(F)F)CC2)c2ccc(Cl)c(-c3ncnn3C(F)F)c2)C1=O. The Bertz CT molecular complexity index is 2070. The Morgan fingerprint density at radius 3 is 2.26 bits per heavy atom. The van der Waals surface area contributed by atoms with Crippen LogP contribution in [-0.4, -0.2) is 60.1 Å². The van der Waals surface area contributed by atoms with Gasteiger partial charge in [0.25, 0.3) is 5.91 Å². The Morgan fingerprint density at radius 1 is 1.00 bits per heavy atom. The maximum absolute atomic E-state index is 14.9. The minimum absolute atomic E-state index is 0.0269. The van der Waals surface area contributed by atoms with Gasteiger partial charge in [0.05, 0.1) is 29.1 Å². The van der Waals surface area contributed by atoms with E-state index in [1.165, 1.54) is 30.6 Å². The van der Waals surface area contributed by atoms with Crippen LogP contribution < -0.4 is 5.73 Å². The highest BCUT2D eigenvalue weighted by atomic mass is 35.5. The summed E-state index contributed by atoms with van der Waals surface area (Å²) in [5.74, 6) is -2.51. The number of hydrogen-bond donors (Lipinski definition) is 1. The van der Waals surface area contributed by atoms with Gasteiger partial charge in [0.2, 0.25) is 0 Å². The van der Waals surface area contributed by atoms with Gasteiger partial charge in [-0.15, -0.1) is 0 Å². The van der Waals surface area contributed by atoms with Crippen molar-refractivity contribution < 1.29 is 45.1 Å². The molecule has 2 N–H and O–H groups in total. The normalized spacial score (nSPS) is 19.1. The number of guanidine groups is 1. The molecule has 4 aromatic rings. The van der Waals surface area contributed by atoms with Gasteiger partial charge in [0, 0.05) is 17.3 Å². The second-order valence-corrected chi connectivity index (χ2v) is 14.9. The summed E-state index contributed by atoms with van der Waals surface area (Å²) in [6, 6.07) is 9.13. The van der Waals surface area contributed by atoms with Crippen molar-refractivity contribution in [2.75, 3.05) is 6.61 Å². The zero-order chi connectivity index (χ0) is 39.4.